The Hall–Kier alpha value is -0.340. The van der Waals surface area contributed by atoms with Crippen molar-refractivity contribution in [3.63, 3.8) is 0 Å². The largest absolute Gasteiger partial charge is 0.391 e. The van der Waals surface area contributed by atoms with Crippen LogP contribution in [0, 0.1) is 0 Å². The van der Waals surface area contributed by atoms with Crippen molar-refractivity contribution < 1.29 is 9.84 Å². The standard InChI is InChI=1S/C21H42O2/c1-4-6-8-10-11-12-13-14-16-18-21(23-19-20(3)22)17-15-9-7-5-2/h14,16,20-22H,4-13,15,17-19H2,1-3H3. The summed E-state index contributed by atoms with van der Waals surface area (Å²) in [7, 11) is 0. The SMILES string of the molecule is CCCCCCCCC=CCC(CCCCCC)OCC(C)O. The van der Waals surface area contributed by atoms with E-state index in [1.54, 1.807) is 6.92 Å². The van der Waals surface area contributed by atoms with Gasteiger partial charge in [-0.25, -0.2) is 0 Å². The topological polar surface area (TPSA) is 29.5 Å². The van der Waals surface area contributed by atoms with E-state index in [4.69, 9.17) is 4.74 Å². The lowest BCUT2D eigenvalue weighted by molar-refractivity contribution is -0.00577. The molecule has 0 aliphatic heterocycles. The van der Waals surface area contributed by atoms with E-state index >= 15 is 0 Å². The molecule has 0 fully saturated rings. The molecule has 0 heterocycles. The first-order valence-corrected chi connectivity index (χ1v) is 10.1. The first-order chi connectivity index (χ1) is 11.2. The molecule has 2 nitrogen and oxygen atoms in total. The van der Waals surface area contributed by atoms with Crippen molar-refractivity contribution in [3.8, 4) is 0 Å². The molecule has 0 saturated heterocycles. The molecule has 2 unspecified atom stereocenters. The molecular weight excluding hydrogens is 284 g/mol. The first kappa shape index (κ1) is 22.7. The Morgan fingerprint density at radius 3 is 2.09 bits per heavy atom. The van der Waals surface area contributed by atoms with Gasteiger partial charge in [0, 0.05) is 0 Å². The van der Waals surface area contributed by atoms with Gasteiger partial charge in [0.1, 0.15) is 0 Å². The fourth-order valence-electron chi connectivity index (χ4n) is 2.75. The van der Waals surface area contributed by atoms with Crippen molar-refractivity contribution >= 4 is 0 Å². The zero-order valence-corrected chi connectivity index (χ0v) is 16.1. The van der Waals surface area contributed by atoms with Crippen LogP contribution in [-0.4, -0.2) is 23.9 Å². The molecule has 2 heteroatoms. The molecule has 0 aliphatic rings. The van der Waals surface area contributed by atoms with E-state index < -0.39 is 0 Å². The summed E-state index contributed by atoms with van der Waals surface area (Å²) < 4.78 is 5.85. The van der Waals surface area contributed by atoms with Crippen LogP contribution < -0.4 is 0 Å². The van der Waals surface area contributed by atoms with Gasteiger partial charge in [0.25, 0.3) is 0 Å². The van der Waals surface area contributed by atoms with Crippen molar-refractivity contribution in [2.45, 2.75) is 116 Å². The van der Waals surface area contributed by atoms with Gasteiger partial charge in [-0.1, -0.05) is 83.8 Å². The molecule has 23 heavy (non-hydrogen) atoms. The zero-order chi connectivity index (χ0) is 17.2. The van der Waals surface area contributed by atoms with Crippen LogP contribution in [0.1, 0.15) is 104 Å². The van der Waals surface area contributed by atoms with Crippen LogP contribution in [0.2, 0.25) is 0 Å². The summed E-state index contributed by atoms with van der Waals surface area (Å²) in [5.41, 5.74) is 0. The van der Waals surface area contributed by atoms with Crippen molar-refractivity contribution in [1.29, 1.82) is 0 Å². The van der Waals surface area contributed by atoms with Crippen LogP contribution in [0.4, 0.5) is 0 Å². The fourth-order valence-corrected chi connectivity index (χ4v) is 2.75. The molecular formula is C21H42O2. The normalized spacial score (nSPS) is 14.4. The highest BCUT2D eigenvalue weighted by Gasteiger charge is 2.08. The number of ether oxygens (including phenoxy) is 1. The van der Waals surface area contributed by atoms with E-state index in [1.807, 2.05) is 0 Å². The molecule has 0 saturated carbocycles. The van der Waals surface area contributed by atoms with E-state index in [1.165, 1.54) is 70.6 Å². The predicted molar refractivity (Wildman–Crippen MR) is 102 cm³/mol. The van der Waals surface area contributed by atoms with Crippen molar-refractivity contribution in [3.05, 3.63) is 12.2 Å². The number of hydrogen-bond donors (Lipinski definition) is 1. The maximum atomic E-state index is 9.40. The van der Waals surface area contributed by atoms with E-state index in [2.05, 4.69) is 26.0 Å². The van der Waals surface area contributed by atoms with Crippen LogP contribution in [0.25, 0.3) is 0 Å². The Kier molecular flexibility index (Phi) is 17.7. The van der Waals surface area contributed by atoms with Gasteiger partial charge in [0.05, 0.1) is 18.8 Å². The van der Waals surface area contributed by atoms with Gasteiger partial charge in [-0.15, -0.1) is 0 Å². The van der Waals surface area contributed by atoms with Gasteiger partial charge >= 0.3 is 0 Å². The van der Waals surface area contributed by atoms with E-state index in [-0.39, 0.29) is 12.2 Å². The second kappa shape index (κ2) is 18.0. The van der Waals surface area contributed by atoms with Crippen molar-refractivity contribution in [2.75, 3.05) is 6.61 Å². The number of rotatable bonds is 17. The molecule has 0 amide bonds. The highest BCUT2D eigenvalue weighted by atomic mass is 16.5. The molecule has 0 aromatic carbocycles. The molecule has 0 aromatic rings. The third-order valence-electron chi connectivity index (χ3n) is 4.24. The summed E-state index contributed by atoms with van der Waals surface area (Å²) in [6, 6.07) is 0. The number of allylic oxidation sites excluding steroid dienone is 1. The number of hydrogen-bond acceptors (Lipinski definition) is 2. The zero-order valence-electron chi connectivity index (χ0n) is 16.1. The van der Waals surface area contributed by atoms with Gasteiger partial charge in [0.2, 0.25) is 0 Å². The third-order valence-corrected chi connectivity index (χ3v) is 4.24. The van der Waals surface area contributed by atoms with Gasteiger partial charge in [-0.05, 0) is 32.6 Å². The summed E-state index contributed by atoms with van der Waals surface area (Å²) in [5.74, 6) is 0. The lowest BCUT2D eigenvalue weighted by Gasteiger charge is -2.17. The minimum Gasteiger partial charge on any atom is -0.391 e. The molecule has 0 radical (unpaired) electrons. The minimum atomic E-state index is -0.361. The Labute approximate surface area is 145 Å². The minimum absolute atomic E-state index is 0.280. The second-order valence-electron chi connectivity index (χ2n) is 6.92. The van der Waals surface area contributed by atoms with Crippen LogP contribution in [0.15, 0.2) is 12.2 Å². The average Bonchev–Trinajstić information content (AvgIpc) is 2.54. The fraction of sp³-hybridized carbons (Fsp3) is 0.905. The Bertz CT molecular complexity index is 248. The van der Waals surface area contributed by atoms with E-state index in [9.17, 15) is 5.11 Å². The van der Waals surface area contributed by atoms with Crippen LogP contribution in [-0.2, 0) is 4.74 Å². The summed E-state index contributed by atoms with van der Waals surface area (Å²) in [4.78, 5) is 0. The van der Waals surface area contributed by atoms with E-state index in [0.717, 1.165) is 12.8 Å². The maximum absolute atomic E-state index is 9.40. The smallest absolute Gasteiger partial charge is 0.0745 e. The summed E-state index contributed by atoms with van der Waals surface area (Å²) >= 11 is 0. The summed E-state index contributed by atoms with van der Waals surface area (Å²) in [5, 5.41) is 9.40. The first-order valence-electron chi connectivity index (χ1n) is 10.1. The van der Waals surface area contributed by atoms with Crippen molar-refractivity contribution in [1.82, 2.24) is 0 Å². The van der Waals surface area contributed by atoms with Gasteiger partial charge in [-0.3, -0.25) is 0 Å². The third kappa shape index (κ3) is 17.8. The molecule has 138 valence electrons. The molecule has 0 rings (SSSR count). The Morgan fingerprint density at radius 2 is 1.43 bits per heavy atom. The highest BCUT2D eigenvalue weighted by Crippen LogP contribution is 2.13. The van der Waals surface area contributed by atoms with E-state index in [0.29, 0.717) is 6.61 Å². The number of aliphatic hydroxyl groups is 1. The van der Waals surface area contributed by atoms with Crippen LogP contribution in [0.5, 0.6) is 0 Å². The number of unbranched alkanes of at least 4 members (excludes halogenated alkanes) is 9. The average molecular weight is 327 g/mol. The molecule has 1 N–H and O–H groups in total. The van der Waals surface area contributed by atoms with Crippen LogP contribution >= 0.6 is 0 Å². The predicted octanol–water partition coefficient (Wildman–Crippen LogP) is 6.42. The molecule has 0 bridgehead atoms. The van der Waals surface area contributed by atoms with Crippen LogP contribution in [0.3, 0.4) is 0 Å². The summed E-state index contributed by atoms with van der Waals surface area (Å²) in [6.07, 6.45) is 21.2. The number of aliphatic hydroxyl groups excluding tert-OH is 1. The Balaban J connectivity index is 3.76. The Morgan fingerprint density at radius 1 is 0.826 bits per heavy atom. The molecule has 2 atom stereocenters. The lowest BCUT2D eigenvalue weighted by Crippen LogP contribution is -2.19. The molecule has 0 aromatic heterocycles. The molecule has 0 aliphatic carbocycles. The summed E-state index contributed by atoms with van der Waals surface area (Å²) in [6.45, 7) is 6.76. The monoisotopic (exact) mass is 326 g/mol. The second-order valence-corrected chi connectivity index (χ2v) is 6.92. The van der Waals surface area contributed by atoms with Crippen molar-refractivity contribution in [2.24, 2.45) is 0 Å². The van der Waals surface area contributed by atoms with Gasteiger partial charge in [-0.2, -0.15) is 0 Å². The lowest BCUT2D eigenvalue weighted by atomic mass is 10.1. The quantitative estimate of drug-likeness (QED) is 0.247. The van der Waals surface area contributed by atoms with Gasteiger partial charge in [0.15, 0.2) is 0 Å². The highest BCUT2D eigenvalue weighted by molar-refractivity contribution is 4.84. The molecule has 0 spiro atoms. The van der Waals surface area contributed by atoms with Gasteiger partial charge < -0.3 is 9.84 Å². The maximum Gasteiger partial charge on any atom is 0.0745 e.